The number of carbonyl (C=O) groups is 1. The van der Waals surface area contributed by atoms with E-state index in [1.54, 1.807) is 6.08 Å². The summed E-state index contributed by atoms with van der Waals surface area (Å²) in [6.07, 6.45) is 17.3. The Hall–Kier alpha value is -3.79. The van der Waals surface area contributed by atoms with Crippen LogP contribution in [0.25, 0.3) is 54.7 Å². The van der Waals surface area contributed by atoms with Gasteiger partial charge < -0.3 is 9.52 Å². The molecular weight excluding hydrogens is 879 g/mol. The second kappa shape index (κ2) is 16.1. The second-order valence-electron chi connectivity index (χ2n) is 19.5. The predicted molar refractivity (Wildman–Crippen MR) is 234 cm³/mol. The van der Waals surface area contributed by atoms with Gasteiger partial charge in [-0.2, -0.15) is 0 Å². The summed E-state index contributed by atoms with van der Waals surface area (Å²) < 4.78 is 6.73. The zero-order valence-electron chi connectivity index (χ0n) is 35.1. The maximum atomic E-state index is 12.0. The molecule has 4 nitrogen and oxygen atoms in total. The quantitative estimate of drug-likeness (QED) is 0.109. The molecule has 5 heteroatoms. The molecule has 57 heavy (non-hydrogen) atoms. The van der Waals surface area contributed by atoms with Crippen LogP contribution in [0.4, 0.5) is 0 Å². The number of pyridine rings is 1. The van der Waals surface area contributed by atoms with Crippen LogP contribution in [0.2, 0.25) is 0 Å². The molecule has 3 aliphatic carbocycles. The molecule has 2 saturated carbocycles. The minimum absolute atomic E-state index is 0. The van der Waals surface area contributed by atoms with Crippen molar-refractivity contribution in [2.45, 2.75) is 142 Å². The molecule has 0 saturated heterocycles. The van der Waals surface area contributed by atoms with Gasteiger partial charge in [-0.05, 0) is 89.3 Å². The van der Waals surface area contributed by atoms with Gasteiger partial charge in [-0.3, -0.25) is 9.78 Å². The molecule has 9 rings (SSSR count). The number of nitrogens with zero attached hydrogens (tertiary/aromatic N) is 1. The van der Waals surface area contributed by atoms with Gasteiger partial charge in [0, 0.05) is 66.2 Å². The van der Waals surface area contributed by atoms with E-state index in [0.29, 0.717) is 5.76 Å². The van der Waals surface area contributed by atoms with E-state index in [0.717, 1.165) is 76.1 Å². The number of benzene rings is 4. The normalized spacial score (nSPS) is 18.9. The van der Waals surface area contributed by atoms with Crippen LogP contribution in [0.15, 0.2) is 83.1 Å². The number of aliphatic hydroxyl groups excluding tert-OH is 1. The van der Waals surface area contributed by atoms with Crippen molar-refractivity contribution in [2.75, 3.05) is 0 Å². The number of aromatic nitrogens is 1. The zero-order chi connectivity index (χ0) is 39.4. The maximum Gasteiger partial charge on any atom is 0.162 e. The van der Waals surface area contributed by atoms with Crippen LogP contribution in [-0.2, 0) is 41.1 Å². The van der Waals surface area contributed by atoms with Crippen molar-refractivity contribution in [1.29, 1.82) is 0 Å². The average molecular weight is 939 g/mol. The summed E-state index contributed by atoms with van der Waals surface area (Å²) in [6, 6.07) is 25.8. The first-order valence-electron chi connectivity index (χ1n) is 21.4. The molecule has 2 aromatic heterocycles. The molecule has 6 aromatic rings. The summed E-state index contributed by atoms with van der Waals surface area (Å²) in [6.45, 7) is 16.3. The third-order valence-corrected chi connectivity index (χ3v) is 13.5. The van der Waals surface area contributed by atoms with E-state index in [1.807, 2.05) is 6.20 Å². The van der Waals surface area contributed by atoms with Gasteiger partial charge in [0.1, 0.15) is 11.2 Å². The maximum absolute atomic E-state index is 12.0. The van der Waals surface area contributed by atoms with Gasteiger partial charge in [0.05, 0.1) is 5.76 Å². The molecule has 0 atom stereocenters. The first-order chi connectivity index (χ1) is 26.7. The van der Waals surface area contributed by atoms with Gasteiger partial charge in [0.25, 0.3) is 0 Å². The van der Waals surface area contributed by atoms with Crippen molar-refractivity contribution in [3.63, 3.8) is 0 Å². The van der Waals surface area contributed by atoms with E-state index in [1.165, 1.54) is 72.4 Å². The summed E-state index contributed by atoms with van der Waals surface area (Å²) in [4.78, 5) is 16.9. The number of rotatable bonds is 4. The summed E-state index contributed by atoms with van der Waals surface area (Å²) in [5, 5.41) is 17.0. The van der Waals surface area contributed by atoms with E-state index in [-0.39, 0.29) is 54.0 Å². The van der Waals surface area contributed by atoms with Gasteiger partial charge >= 0.3 is 0 Å². The molecule has 0 bridgehead atoms. The predicted octanol–water partition coefficient (Wildman–Crippen LogP) is 14.6. The topological polar surface area (TPSA) is 63.3 Å². The molecule has 1 N–H and O–H groups in total. The van der Waals surface area contributed by atoms with Crippen LogP contribution < -0.4 is 0 Å². The number of allylic oxidation sites excluding steroid dienone is 2. The number of hydrogen-bond acceptors (Lipinski definition) is 4. The Kier molecular flexibility index (Phi) is 11.7. The standard InChI is InChI=1S/C37H36NO.C15H24O2.Ir/c1-35(2,3)30-19-24(18-22-10-8-9-11-25(22)30)33-27-21-28-26-12-13-29-32(37(6,7)16-15-36(29,4)5)34(26)39-31(28)20-23(27)14-17-38-33;16-14(12-7-3-1-4-8-12)11-15(17)13-9-5-2-6-10-13;/h8-14,17,19-21H,15-16H2,1-7H3;11-13,16H,1-10H2;/q-1;;/b;14-11-;. The molecule has 2 fully saturated rings. The number of furan rings is 1. The molecule has 0 aliphatic heterocycles. The van der Waals surface area contributed by atoms with E-state index in [9.17, 15) is 9.90 Å². The molecular formula is C52H60IrNO3-. The van der Waals surface area contributed by atoms with Crippen LogP contribution in [0.1, 0.15) is 142 Å². The second-order valence-corrected chi connectivity index (χ2v) is 19.5. The Morgan fingerprint density at radius 1 is 0.789 bits per heavy atom. The largest absolute Gasteiger partial charge is 0.512 e. The van der Waals surface area contributed by atoms with Crippen LogP contribution in [-0.4, -0.2) is 15.9 Å². The number of carbonyl (C=O) groups excluding carboxylic acids is 1. The van der Waals surface area contributed by atoms with E-state index in [2.05, 4.69) is 115 Å². The number of hydrogen-bond donors (Lipinski definition) is 1. The molecule has 3 aliphatic rings. The first kappa shape index (κ1) is 41.4. The Labute approximate surface area is 353 Å². The monoisotopic (exact) mass is 939 g/mol. The fourth-order valence-corrected chi connectivity index (χ4v) is 9.99. The summed E-state index contributed by atoms with van der Waals surface area (Å²) in [5.41, 5.74) is 8.36. The van der Waals surface area contributed by atoms with Gasteiger partial charge in [0.15, 0.2) is 5.78 Å². The smallest absolute Gasteiger partial charge is 0.162 e. The fraction of sp³-hybridized carbons (Fsp3) is 0.462. The van der Waals surface area contributed by atoms with Crippen LogP contribution in [0, 0.1) is 17.9 Å². The molecule has 0 unspecified atom stereocenters. The van der Waals surface area contributed by atoms with Gasteiger partial charge in [-0.1, -0.05) is 128 Å². The van der Waals surface area contributed by atoms with E-state index >= 15 is 0 Å². The minimum Gasteiger partial charge on any atom is -0.512 e. The van der Waals surface area contributed by atoms with Crippen molar-refractivity contribution < 1.29 is 34.4 Å². The average Bonchev–Trinajstić information content (AvgIpc) is 3.55. The number of aliphatic hydroxyl groups is 1. The van der Waals surface area contributed by atoms with Crippen molar-refractivity contribution in [2.24, 2.45) is 11.8 Å². The summed E-state index contributed by atoms with van der Waals surface area (Å²) in [7, 11) is 0. The first-order valence-corrected chi connectivity index (χ1v) is 21.4. The van der Waals surface area contributed by atoms with E-state index < -0.39 is 0 Å². The Bertz CT molecular complexity index is 2470. The summed E-state index contributed by atoms with van der Waals surface area (Å²) >= 11 is 0. The SMILES string of the molecule is CC(C)(C)c1cc(-c2nccc3cc4oc5c6c(ccc5c4cc23)C(C)(C)CCC6(C)C)[c-]c2ccccc12.O=C(/C=C(\O)C1CCCCC1)C1CCCCC1.[Ir]. The van der Waals surface area contributed by atoms with Crippen LogP contribution in [0.3, 0.4) is 0 Å². The van der Waals surface area contributed by atoms with Crippen LogP contribution in [0.5, 0.6) is 0 Å². The Morgan fingerprint density at radius 3 is 2.16 bits per heavy atom. The van der Waals surface area contributed by atoms with Crippen molar-refractivity contribution >= 4 is 49.3 Å². The van der Waals surface area contributed by atoms with Crippen molar-refractivity contribution in [3.8, 4) is 11.3 Å². The molecule has 4 aromatic carbocycles. The van der Waals surface area contributed by atoms with Gasteiger partial charge in [0.2, 0.25) is 0 Å². The molecule has 2 heterocycles. The third-order valence-electron chi connectivity index (χ3n) is 13.5. The minimum atomic E-state index is 0. The Balaban J connectivity index is 0.000000232. The number of ketones is 1. The van der Waals surface area contributed by atoms with Crippen LogP contribution >= 0.6 is 0 Å². The van der Waals surface area contributed by atoms with E-state index in [4.69, 9.17) is 9.40 Å². The fourth-order valence-electron chi connectivity index (χ4n) is 9.99. The molecule has 0 spiro atoms. The van der Waals surface area contributed by atoms with Crippen molar-refractivity contribution in [3.05, 3.63) is 101 Å². The van der Waals surface area contributed by atoms with Gasteiger partial charge in [-0.25, -0.2) is 0 Å². The number of fused-ring (bicyclic) bond motifs is 7. The zero-order valence-corrected chi connectivity index (χ0v) is 37.5. The summed E-state index contributed by atoms with van der Waals surface area (Å²) in [5.74, 6) is 0.985. The molecule has 0 amide bonds. The van der Waals surface area contributed by atoms with Gasteiger partial charge in [-0.15, -0.1) is 29.1 Å². The Morgan fingerprint density at radius 2 is 1.46 bits per heavy atom. The third kappa shape index (κ3) is 8.13. The molecule has 1 radical (unpaired) electrons. The van der Waals surface area contributed by atoms with Crippen molar-refractivity contribution in [1.82, 2.24) is 4.98 Å². The molecule has 301 valence electrons.